The molecule has 1 aliphatic rings. The van der Waals surface area contributed by atoms with Crippen LogP contribution < -0.4 is 15.4 Å². The molecule has 4 aromatic rings. The molecular formula is C25H27N7O2. The zero-order chi connectivity index (χ0) is 23.2. The number of oxazole rings is 1. The normalized spacial score (nSPS) is 13.7. The van der Waals surface area contributed by atoms with Gasteiger partial charge in [-0.2, -0.15) is 15.0 Å². The highest BCUT2D eigenvalue weighted by molar-refractivity contribution is 5.71. The number of nitrogens with one attached hydrogen (secondary N) is 2. The van der Waals surface area contributed by atoms with E-state index in [1.165, 1.54) is 19.2 Å². The van der Waals surface area contributed by atoms with E-state index < -0.39 is 0 Å². The minimum absolute atomic E-state index is 0.451. The summed E-state index contributed by atoms with van der Waals surface area (Å²) in [6.07, 6.45) is 5.60. The van der Waals surface area contributed by atoms with E-state index in [0.29, 0.717) is 29.2 Å². The van der Waals surface area contributed by atoms with Crippen molar-refractivity contribution in [3.05, 3.63) is 61.1 Å². The summed E-state index contributed by atoms with van der Waals surface area (Å²) in [7, 11) is 1.62. The lowest BCUT2D eigenvalue weighted by molar-refractivity contribution is 0.352. The highest BCUT2D eigenvalue weighted by Gasteiger charge is 2.14. The van der Waals surface area contributed by atoms with Crippen LogP contribution in [-0.2, 0) is 0 Å². The van der Waals surface area contributed by atoms with Crippen molar-refractivity contribution in [1.29, 1.82) is 0 Å². The second-order valence-corrected chi connectivity index (χ2v) is 8.05. The van der Waals surface area contributed by atoms with Crippen molar-refractivity contribution in [3.63, 3.8) is 0 Å². The van der Waals surface area contributed by atoms with E-state index in [-0.39, 0.29) is 0 Å². The molecule has 2 aromatic heterocycles. The summed E-state index contributed by atoms with van der Waals surface area (Å²) in [4.78, 5) is 20.4. The van der Waals surface area contributed by atoms with E-state index in [9.17, 15) is 0 Å². The Balaban J connectivity index is 1.39. The van der Waals surface area contributed by atoms with Crippen LogP contribution in [0.4, 0.5) is 17.6 Å². The Morgan fingerprint density at radius 3 is 2.59 bits per heavy atom. The van der Waals surface area contributed by atoms with Gasteiger partial charge in [-0.1, -0.05) is 30.3 Å². The van der Waals surface area contributed by atoms with Crippen LogP contribution in [0.25, 0.3) is 22.7 Å². The molecule has 1 aliphatic heterocycles. The SMILES string of the molecule is COc1cc(Nc2nc(NCCN3CCCC3)nc(-c3ccccc3)n2)ccc1-c1cnco1. The van der Waals surface area contributed by atoms with E-state index in [2.05, 4.69) is 35.5 Å². The smallest absolute Gasteiger partial charge is 0.232 e. The number of likely N-dealkylation sites (tertiary alicyclic amines) is 1. The minimum atomic E-state index is 0.451. The number of ether oxygens (including phenoxy) is 1. The molecule has 0 saturated carbocycles. The van der Waals surface area contributed by atoms with Crippen molar-refractivity contribution < 1.29 is 9.15 Å². The lowest BCUT2D eigenvalue weighted by Gasteiger charge is -2.15. The fraction of sp³-hybridized carbons (Fsp3) is 0.280. The number of nitrogens with zero attached hydrogens (tertiary/aromatic N) is 5. The Kier molecular flexibility index (Phi) is 6.62. The van der Waals surface area contributed by atoms with Gasteiger partial charge in [-0.3, -0.25) is 0 Å². The molecule has 5 rings (SSSR count). The van der Waals surface area contributed by atoms with E-state index >= 15 is 0 Å². The molecule has 3 heterocycles. The minimum Gasteiger partial charge on any atom is -0.496 e. The van der Waals surface area contributed by atoms with Gasteiger partial charge in [0.15, 0.2) is 18.0 Å². The largest absolute Gasteiger partial charge is 0.496 e. The van der Waals surface area contributed by atoms with E-state index in [1.807, 2.05) is 48.5 Å². The number of hydrogen-bond donors (Lipinski definition) is 2. The molecule has 0 atom stereocenters. The third-order valence-corrected chi connectivity index (χ3v) is 5.73. The average molecular weight is 458 g/mol. The fourth-order valence-corrected chi connectivity index (χ4v) is 4.01. The molecule has 2 N–H and O–H groups in total. The summed E-state index contributed by atoms with van der Waals surface area (Å²) < 4.78 is 11.0. The molecule has 0 radical (unpaired) electrons. The molecule has 2 aromatic carbocycles. The van der Waals surface area contributed by atoms with E-state index in [0.717, 1.165) is 43.0 Å². The van der Waals surface area contributed by atoms with Crippen molar-refractivity contribution in [1.82, 2.24) is 24.8 Å². The van der Waals surface area contributed by atoms with Gasteiger partial charge in [0.05, 0.1) is 18.9 Å². The molecule has 174 valence electrons. The van der Waals surface area contributed by atoms with Crippen molar-refractivity contribution in [3.8, 4) is 28.5 Å². The van der Waals surface area contributed by atoms with Crippen LogP contribution in [0.1, 0.15) is 12.8 Å². The maximum atomic E-state index is 5.57. The maximum absolute atomic E-state index is 5.57. The Morgan fingerprint density at radius 2 is 1.82 bits per heavy atom. The van der Waals surface area contributed by atoms with Gasteiger partial charge in [0.1, 0.15) is 5.75 Å². The zero-order valence-electron chi connectivity index (χ0n) is 19.1. The van der Waals surface area contributed by atoms with Crippen molar-refractivity contribution in [2.45, 2.75) is 12.8 Å². The lowest BCUT2D eigenvalue weighted by Crippen LogP contribution is -2.26. The van der Waals surface area contributed by atoms with Crippen LogP contribution in [0, 0.1) is 0 Å². The molecule has 0 spiro atoms. The molecule has 0 aliphatic carbocycles. The molecule has 34 heavy (non-hydrogen) atoms. The van der Waals surface area contributed by atoms with E-state index in [1.54, 1.807) is 13.3 Å². The Labute approximate surface area is 198 Å². The van der Waals surface area contributed by atoms with Crippen LogP contribution in [-0.4, -0.2) is 58.1 Å². The Hall–Kier alpha value is -3.98. The van der Waals surface area contributed by atoms with Crippen LogP contribution in [0.5, 0.6) is 5.75 Å². The molecule has 1 fully saturated rings. The highest BCUT2D eigenvalue weighted by Crippen LogP contribution is 2.33. The molecule has 0 bridgehead atoms. The van der Waals surface area contributed by atoms with Gasteiger partial charge in [0, 0.05) is 30.4 Å². The first-order valence-corrected chi connectivity index (χ1v) is 11.4. The number of aromatic nitrogens is 4. The number of benzene rings is 2. The molecule has 0 amide bonds. The van der Waals surface area contributed by atoms with Gasteiger partial charge in [0.25, 0.3) is 0 Å². The molecule has 1 saturated heterocycles. The summed E-state index contributed by atoms with van der Waals surface area (Å²) in [5.41, 5.74) is 2.53. The summed E-state index contributed by atoms with van der Waals surface area (Å²) >= 11 is 0. The van der Waals surface area contributed by atoms with Gasteiger partial charge >= 0.3 is 0 Å². The quantitative estimate of drug-likeness (QED) is 0.377. The monoisotopic (exact) mass is 457 g/mol. The molecule has 9 heteroatoms. The van der Waals surface area contributed by atoms with Crippen molar-refractivity contribution in [2.24, 2.45) is 0 Å². The van der Waals surface area contributed by atoms with Crippen LogP contribution in [0.2, 0.25) is 0 Å². The third-order valence-electron chi connectivity index (χ3n) is 5.73. The summed E-state index contributed by atoms with van der Waals surface area (Å²) in [5.74, 6) is 2.89. The lowest BCUT2D eigenvalue weighted by atomic mass is 10.1. The second kappa shape index (κ2) is 10.3. The fourth-order valence-electron chi connectivity index (χ4n) is 4.01. The van der Waals surface area contributed by atoms with Gasteiger partial charge in [0.2, 0.25) is 11.9 Å². The second-order valence-electron chi connectivity index (χ2n) is 8.05. The van der Waals surface area contributed by atoms with Crippen molar-refractivity contribution >= 4 is 17.6 Å². The number of hydrogen-bond acceptors (Lipinski definition) is 9. The topological polar surface area (TPSA) is 101 Å². The van der Waals surface area contributed by atoms with Gasteiger partial charge in [-0.05, 0) is 38.1 Å². The summed E-state index contributed by atoms with van der Waals surface area (Å²) in [6, 6.07) is 15.6. The Morgan fingerprint density at radius 1 is 1.00 bits per heavy atom. The standard InChI is InChI=1S/C25H27N7O2/c1-33-21-15-19(9-10-20(21)22-16-26-17-34-22)28-25-30-23(18-7-3-2-4-8-18)29-24(31-25)27-11-14-32-12-5-6-13-32/h2-4,7-10,15-17H,5-6,11-14H2,1H3,(H2,27,28,29,30,31). The van der Waals surface area contributed by atoms with Gasteiger partial charge in [-0.15, -0.1) is 0 Å². The first-order chi connectivity index (χ1) is 16.8. The Bertz CT molecular complexity index is 1210. The predicted octanol–water partition coefficient (Wildman–Crippen LogP) is 4.45. The molecule has 9 nitrogen and oxygen atoms in total. The third kappa shape index (κ3) is 5.15. The molecular weight excluding hydrogens is 430 g/mol. The van der Waals surface area contributed by atoms with E-state index in [4.69, 9.17) is 9.15 Å². The number of methoxy groups -OCH3 is 1. The summed E-state index contributed by atoms with van der Waals surface area (Å²) in [6.45, 7) is 4.06. The van der Waals surface area contributed by atoms with Gasteiger partial charge in [-0.25, -0.2) is 4.98 Å². The number of rotatable bonds is 9. The number of anilines is 3. The van der Waals surface area contributed by atoms with Crippen LogP contribution in [0.15, 0.2) is 65.5 Å². The maximum Gasteiger partial charge on any atom is 0.232 e. The summed E-state index contributed by atoms with van der Waals surface area (Å²) in [5, 5.41) is 6.66. The van der Waals surface area contributed by atoms with Crippen LogP contribution in [0.3, 0.4) is 0 Å². The highest BCUT2D eigenvalue weighted by atomic mass is 16.5. The zero-order valence-corrected chi connectivity index (χ0v) is 19.1. The van der Waals surface area contributed by atoms with Crippen LogP contribution >= 0.6 is 0 Å². The predicted molar refractivity (Wildman–Crippen MR) is 131 cm³/mol. The first kappa shape index (κ1) is 21.8. The molecule has 0 unspecified atom stereocenters. The average Bonchev–Trinajstić information content (AvgIpc) is 3.59. The van der Waals surface area contributed by atoms with Gasteiger partial charge < -0.3 is 24.7 Å². The van der Waals surface area contributed by atoms with Crippen molar-refractivity contribution in [2.75, 3.05) is 43.9 Å². The first-order valence-electron chi connectivity index (χ1n) is 11.4.